The predicted molar refractivity (Wildman–Crippen MR) is 89.0 cm³/mol. The summed E-state index contributed by atoms with van der Waals surface area (Å²) in [6, 6.07) is 14.0. The van der Waals surface area contributed by atoms with Gasteiger partial charge in [0.25, 0.3) is 5.91 Å². The number of rotatable bonds is 5. The van der Waals surface area contributed by atoms with Crippen molar-refractivity contribution in [1.29, 1.82) is 0 Å². The fourth-order valence-corrected chi connectivity index (χ4v) is 2.48. The number of amides is 1. The summed E-state index contributed by atoms with van der Waals surface area (Å²) in [5.74, 6) is -0.0340. The first-order valence-corrected chi connectivity index (χ1v) is 7.70. The van der Waals surface area contributed by atoms with Crippen LogP contribution in [-0.4, -0.2) is 5.91 Å². The molecule has 0 atom stereocenters. The molecule has 0 fully saturated rings. The SMILES string of the molecule is CCc1ccc(C(=O)Nc2c(CC)cccc2CC)cc1. The van der Waals surface area contributed by atoms with Crippen molar-refractivity contribution in [3.05, 3.63) is 64.7 Å². The maximum atomic E-state index is 12.4. The molecule has 0 spiro atoms. The van der Waals surface area contributed by atoms with Crippen LogP contribution in [0.5, 0.6) is 0 Å². The number of hydrogen-bond acceptors (Lipinski definition) is 1. The molecule has 2 aromatic rings. The topological polar surface area (TPSA) is 29.1 Å². The molecular formula is C19H23NO. The Morgan fingerprint density at radius 2 is 1.43 bits per heavy atom. The molecule has 0 aliphatic rings. The maximum absolute atomic E-state index is 12.4. The molecule has 21 heavy (non-hydrogen) atoms. The van der Waals surface area contributed by atoms with Gasteiger partial charge in [0.1, 0.15) is 0 Å². The van der Waals surface area contributed by atoms with Crippen LogP contribution in [-0.2, 0) is 19.3 Å². The van der Waals surface area contributed by atoms with Crippen molar-refractivity contribution < 1.29 is 4.79 Å². The molecule has 2 aromatic carbocycles. The van der Waals surface area contributed by atoms with E-state index in [0.717, 1.165) is 24.9 Å². The van der Waals surface area contributed by atoms with Gasteiger partial charge >= 0.3 is 0 Å². The summed E-state index contributed by atoms with van der Waals surface area (Å²) in [4.78, 5) is 12.4. The summed E-state index contributed by atoms with van der Waals surface area (Å²) in [5.41, 5.74) is 5.31. The zero-order chi connectivity index (χ0) is 15.2. The fraction of sp³-hybridized carbons (Fsp3) is 0.316. The van der Waals surface area contributed by atoms with Gasteiger partial charge in [-0.05, 0) is 48.1 Å². The van der Waals surface area contributed by atoms with E-state index in [1.165, 1.54) is 16.7 Å². The van der Waals surface area contributed by atoms with Gasteiger partial charge in [-0.2, -0.15) is 0 Å². The highest BCUT2D eigenvalue weighted by Gasteiger charge is 2.11. The molecule has 0 unspecified atom stereocenters. The second-order valence-electron chi connectivity index (χ2n) is 5.16. The van der Waals surface area contributed by atoms with E-state index in [1.54, 1.807) is 0 Å². The van der Waals surface area contributed by atoms with Crippen LogP contribution in [0.1, 0.15) is 47.8 Å². The molecule has 0 saturated carbocycles. The Labute approximate surface area is 127 Å². The summed E-state index contributed by atoms with van der Waals surface area (Å²) < 4.78 is 0. The Morgan fingerprint density at radius 3 is 1.90 bits per heavy atom. The molecule has 0 aliphatic heterocycles. The first-order chi connectivity index (χ1) is 10.2. The van der Waals surface area contributed by atoms with Crippen molar-refractivity contribution in [2.45, 2.75) is 40.0 Å². The van der Waals surface area contributed by atoms with Crippen LogP contribution in [0.15, 0.2) is 42.5 Å². The molecule has 1 N–H and O–H groups in total. The summed E-state index contributed by atoms with van der Waals surface area (Å²) >= 11 is 0. The molecule has 2 rings (SSSR count). The minimum atomic E-state index is -0.0340. The first kappa shape index (κ1) is 15.3. The third kappa shape index (κ3) is 3.52. The van der Waals surface area contributed by atoms with Crippen LogP contribution in [0.3, 0.4) is 0 Å². The highest BCUT2D eigenvalue weighted by molar-refractivity contribution is 6.05. The smallest absolute Gasteiger partial charge is 0.255 e. The van der Waals surface area contributed by atoms with Crippen LogP contribution in [0.4, 0.5) is 5.69 Å². The number of hydrogen-bond donors (Lipinski definition) is 1. The average molecular weight is 281 g/mol. The van der Waals surface area contributed by atoms with Gasteiger partial charge in [0, 0.05) is 11.3 Å². The highest BCUT2D eigenvalue weighted by Crippen LogP contribution is 2.23. The van der Waals surface area contributed by atoms with Crippen molar-refractivity contribution >= 4 is 11.6 Å². The summed E-state index contributed by atoms with van der Waals surface area (Å²) in [6.45, 7) is 6.33. The Balaban J connectivity index is 2.26. The average Bonchev–Trinajstić information content (AvgIpc) is 2.55. The minimum Gasteiger partial charge on any atom is -0.321 e. The number of benzene rings is 2. The molecule has 0 saturated heterocycles. The van der Waals surface area contributed by atoms with Gasteiger partial charge in [-0.25, -0.2) is 0 Å². The van der Waals surface area contributed by atoms with Crippen LogP contribution in [0.2, 0.25) is 0 Å². The lowest BCUT2D eigenvalue weighted by Gasteiger charge is -2.14. The Kier molecular flexibility index (Phi) is 5.15. The predicted octanol–water partition coefficient (Wildman–Crippen LogP) is 4.63. The van der Waals surface area contributed by atoms with E-state index < -0.39 is 0 Å². The quantitative estimate of drug-likeness (QED) is 0.851. The van der Waals surface area contributed by atoms with Gasteiger partial charge in [-0.3, -0.25) is 4.79 Å². The van der Waals surface area contributed by atoms with E-state index in [2.05, 4.69) is 44.3 Å². The minimum absolute atomic E-state index is 0.0340. The van der Waals surface area contributed by atoms with Crippen LogP contribution < -0.4 is 5.32 Å². The molecule has 0 aromatic heterocycles. The van der Waals surface area contributed by atoms with Crippen molar-refractivity contribution in [1.82, 2.24) is 0 Å². The van der Waals surface area contributed by atoms with E-state index in [0.29, 0.717) is 5.56 Å². The number of carbonyl (C=O) groups is 1. The van der Waals surface area contributed by atoms with Crippen molar-refractivity contribution in [2.24, 2.45) is 0 Å². The van der Waals surface area contributed by atoms with E-state index in [-0.39, 0.29) is 5.91 Å². The highest BCUT2D eigenvalue weighted by atomic mass is 16.1. The molecule has 0 radical (unpaired) electrons. The van der Waals surface area contributed by atoms with Crippen LogP contribution >= 0.6 is 0 Å². The van der Waals surface area contributed by atoms with E-state index in [9.17, 15) is 4.79 Å². The fourth-order valence-electron chi connectivity index (χ4n) is 2.48. The number of anilines is 1. The molecular weight excluding hydrogens is 258 g/mol. The first-order valence-electron chi connectivity index (χ1n) is 7.70. The van der Waals surface area contributed by atoms with Gasteiger partial charge in [-0.1, -0.05) is 51.1 Å². The Morgan fingerprint density at radius 1 is 0.857 bits per heavy atom. The van der Waals surface area contributed by atoms with Gasteiger partial charge in [-0.15, -0.1) is 0 Å². The number of carbonyl (C=O) groups excluding carboxylic acids is 1. The standard InChI is InChI=1S/C19H23NO/c1-4-14-10-12-17(13-11-14)19(21)20-18-15(5-2)8-7-9-16(18)6-3/h7-13H,4-6H2,1-3H3,(H,20,21). The Hall–Kier alpha value is -2.09. The molecule has 2 nitrogen and oxygen atoms in total. The normalized spacial score (nSPS) is 10.4. The van der Waals surface area contributed by atoms with Gasteiger partial charge < -0.3 is 5.32 Å². The van der Waals surface area contributed by atoms with Gasteiger partial charge in [0.2, 0.25) is 0 Å². The van der Waals surface area contributed by atoms with Crippen molar-refractivity contribution in [3.63, 3.8) is 0 Å². The number of aryl methyl sites for hydroxylation is 3. The largest absolute Gasteiger partial charge is 0.321 e. The maximum Gasteiger partial charge on any atom is 0.255 e. The molecule has 0 heterocycles. The molecule has 0 bridgehead atoms. The lowest BCUT2D eigenvalue weighted by molar-refractivity contribution is 0.102. The summed E-state index contributed by atoms with van der Waals surface area (Å²) in [5, 5.41) is 3.10. The Bertz CT molecular complexity index is 592. The second kappa shape index (κ2) is 7.07. The lowest BCUT2D eigenvalue weighted by atomic mass is 10.0. The van der Waals surface area contributed by atoms with Crippen molar-refractivity contribution in [3.8, 4) is 0 Å². The van der Waals surface area contributed by atoms with Crippen LogP contribution in [0, 0.1) is 0 Å². The third-order valence-electron chi connectivity index (χ3n) is 3.86. The van der Waals surface area contributed by atoms with Gasteiger partial charge in [0.05, 0.1) is 0 Å². The molecule has 2 heteroatoms. The zero-order valence-electron chi connectivity index (χ0n) is 13.1. The lowest BCUT2D eigenvalue weighted by Crippen LogP contribution is -2.14. The zero-order valence-corrected chi connectivity index (χ0v) is 13.1. The van der Waals surface area contributed by atoms with E-state index in [1.807, 2.05) is 24.3 Å². The van der Waals surface area contributed by atoms with Crippen LogP contribution in [0.25, 0.3) is 0 Å². The molecule has 0 aliphatic carbocycles. The third-order valence-corrected chi connectivity index (χ3v) is 3.86. The van der Waals surface area contributed by atoms with Crippen molar-refractivity contribution in [2.75, 3.05) is 5.32 Å². The second-order valence-corrected chi connectivity index (χ2v) is 5.16. The number of para-hydroxylation sites is 1. The molecule has 1 amide bonds. The summed E-state index contributed by atoms with van der Waals surface area (Å²) in [7, 11) is 0. The molecule has 110 valence electrons. The number of nitrogens with one attached hydrogen (secondary N) is 1. The summed E-state index contributed by atoms with van der Waals surface area (Å²) in [6.07, 6.45) is 2.82. The van der Waals surface area contributed by atoms with E-state index >= 15 is 0 Å². The monoisotopic (exact) mass is 281 g/mol. The van der Waals surface area contributed by atoms with E-state index in [4.69, 9.17) is 0 Å². The van der Waals surface area contributed by atoms with Gasteiger partial charge in [0.15, 0.2) is 0 Å².